The first-order valence-electron chi connectivity index (χ1n) is 3.68. The summed E-state index contributed by atoms with van der Waals surface area (Å²) < 4.78 is 0. The Hall–Kier alpha value is -0.790. The van der Waals surface area contributed by atoms with Gasteiger partial charge >= 0.3 is 0 Å². The second-order valence-electron chi connectivity index (χ2n) is 2.72. The highest BCUT2D eigenvalue weighted by atomic mass is 16.1. The second kappa shape index (κ2) is 2.86. The molecule has 56 valence electrons. The molecule has 0 spiro atoms. The first-order valence-corrected chi connectivity index (χ1v) is 3.68. The maximum Gasteiger partial charge on any atom is 0.220 e. The van der Waals surface area contributed by atoms with Crippen LogP contribution in [0.15, 0.2) is 12.2 Å². The lowest BCUT2D eigenvalue weighted by Gasteiger charge is -2.06. The monoisotopic (exact) mass is 139 g/mol. The zero-order valence-electron chi connectivity index (χ0n) is 6.31. The number of carbonyl (C=O) groups is 1. The molecule has 1 amide bonds. The third-order valence-electron chi connectivity index (χ3n) is 2.01. The molecule has 0 bridgehead atoms. The third kappa shape index (κ3) is 1.38. The zero-order valence-corrected chi connectivity index (χ0v) is 6.31. The summed E-state index contributed by atoms with van der Waals surface area (Å²) >= 11 is 0. The van der Waals surface area contributed by atoms with Gasteiger partial charge in [-0.2, -0.15) is 0 Å². The van der Waals surface area contributed by atoms with Crippen molar-refractivity contribution in [3.63, 3.8) is 0 Å². The standard InChI is InChI=1S/C8H13NO/c1-3-6(2)7-4-8(10)9-5-7/h7H,2-5H2,1H3,(H,9,10). The zero-order chi connectivity index (χ0) is 7.56. The molecule has 1 heterocycles. The van der Waals surface area contributed by atoms with Crippen LogP contribution in [-0.2, 0) is 4.79 Å². The van der Waals surface area contributed by atoms with Gasteiger partial charge in [-0.25, -0.2) is 0 Å². The molecule has 1 unspecified atom stereocenters. The Morgan fingerprint density at radius 3 is 3.00 bits per heavy atom. The number of amides is 1. The maximum atomic E-state index is 10.7. The van der Waals surface area contributed by atoms with Crippen molar-refractivity contribution in [2.45, 2.75) is 19.8 Å². The molecule has 1 N–H and O–H groups in total. The largest absolute Gasteiger partial charge is 0.355 e. The number of carbonyl (C=O) groups excluding carboxylic acids is 1. The fourth-order valence-electron chi connectivity index (χ4n) is 1.18. The number of hydrogen-bond acceptors (Lipinski definition) is 1. The lowest BCUT2D eigenvalue weighted by atomic mass is 9.98. The van der Waals surface area contributed by atoms with E-state index in [0.29, 0.717) is 12.3 Å². The summed E-state index contributed by atoms with van der Waals surface area (Å²) in [5.74, 6) is 0.567. The van der Waals surface area contributed by atoms with E-state index in [-0.39, 0.29) is 5.91 Å². The molecule has 10 heavy (non-hydrogen) atoms. The van der Waals surface area contributed by atoms with Gasteiger partial charge in [0.2, 0.25) is 5.91 Å². The van der Waals surface area contributed by atoms with Crippen molar-refractivity contribution in [3.8, 4) is 0 Å². The molecule has 0 aliphatic carbocycles. The number of nitrogens with one attached hydrogen (secondary N) is 1. The Morgan fingerprint density at radius 2 is 2.60 bits per heavy atom. The summed E-state index contributed by atoms with van der Waals surface area (Å²) in [6, 6.07) is 0. The van der Waals surface area contributed by atoms with E-state index >= 15 is 0 Å². The molecule has 1 aliphatic heterocycles. The van der Waals surface area contributed by atoms with E-state index in [1.54, 1.807) is 0 Å². The topological polar surface area (TPSA) is 29.1 Å². The van der Waals surface area contributed by atoms with Crippen LogP contribution in [0.5, 0.6) is 0 Å². The van der Waals surface area contributed by atoms with E-state index in [9.17, 15) is 4.79 Å². The van der Waals surface area contributed by atoms with Crippen molar-refractivity contribution in [2.75, 3.05) is 6.54 Å². The Bertz CT molecular complexity index is 163. The van der Waals surface area contributed by atoms with Crippen LogP contribution < -0.4 is 5.32 Å². The van der Waals surface area contributed by atoms with Crippen LogP contribution in [0.1, 0.15) is 19.8 Å². The van der Waals surface area contributed by atoms with Gasteiger partial charge in [0.05, 0.1) is 0 Å². The minimum atomic E-state index is 0.166. The summed E-state index contributed by atoms with van der Waals surface area (Å²) in [6.07, 6.45) is 1.63. The summed E-state index contributed by atoms with van der Waals surface area (Å²) in [5.41, 5.74) is 1.19. The Balaban J connectivity index is 2.44. The van der Waals surface area contributed by atoms with E-state index in [1.165, 1.54) is 5.57 Å². The number of hydrogen-bond donors (Lipinski definition) is 1. The average Bonchev–Trinajstić information content (AvgIpc) is 2.34. The molecule has 1 atom stereocenters. The van der Waals surface area contributed by atoms with Crippen LogP contribution in [-0.4, -0.2) is 12.5 Å². The molecule has 1 aliphatic rings. The van der Waals surface area contributed by atoms with E-state index in [2.05, 4.69) is 18.8 Å². The average molecular weight is 139 g/mol. The molecule has 0 aromatic heterocycles. The van der Waals surface area contributed by atoms with Crippen molar-refractivity contribution in [3.05, 3.63) is 12.2 Å². The number of rotatable bonds is 2. The first-order chi connectivity index (χ1) is 4.74. The van der Waals surface area contributed by atoms with Crippen LogP contribution in [0.2, 0.25) is 0 Å². The smallest absolute Gasteiger partial charge is 0.220 e. The highest BCUT2D eigenvalue weighted by Gasteiger charge is 2.22. The summed E-state index contributed by atoms with van der Waals surface area (Å²) in [5, 5.41) is 2.79. The van der Waals surface area contributed by atoms with Crippen LogP contribution in [0.3, 0.4) is 0 Å². The Kier molecular flexibility index (Phi) is 2.10. The highest BCUT2D eigenvalue weighted by Crippen LogP contribution is 2.19. The normalized spacial score (nSPS) is 24.5. The molecule has 2 nitrogen and oxygen atoms in total. The van der Waals surface area contributed by atoms with E-state index in [0.717, 1.165) is 13.0 Å². The second-order valence-corrected chi connectivity index (χ2v) is 2.72. The molecule has 0 aromatic rings. The van der Waals surface area contributed by atoms with Crippen LogP contribution in [0, 0.1) is 5.92 Å². The van der Waals surface area contributed by atoms with Gasteiger partial charge in [0.1, 0.15) is 0 Å². The van der Waals surface area contributed by atoms with Crippen LogP contribution in [0.25, 0.3) is 0 Å². The van der Waals surface area contributed by atoms with E-state index in [4.69, 9.17) is 0 Å². The lowest BCUT2D eigenvalue weighted by Crippen LogP contribution is -2.14. The third-order valence-corrected chi connectivity index (χ3v) is 2.01. The Morgan fingerprint density at radius 1 is 1.90 bits per heavy atom. The first kappa shape index (κ1) is 7.32. The SMILES string of the molecule is C=C(CC)C1CNC(=O)C1. The van der Waals surface area contributed by atoms with Crippen molar-refractivity contribution < 1.29 is 4.79 Å². The summed E-state index contributed by atoms with van der Waals surface area (Å²) in [4.78, 5) is 10.7. The van der Waals surface area contributed by atoms with E-state index < -0.39 is 0 Å². The van der Waals surface area contributed by atoms with Gasteiger partial charge in [-0.15, -0.1) is 0 Å². The fraction of sp³-hybridized carbons (Fsp3) is 0.625. The minimum Gasteiger partial charge on any atom is -0.355 e. The summed E-state index contributed by atoms with van der Waals surface area (Å²) in [6.45, 7) is 6.77. The van der Waals surface area contributed by atoms with Gasteiger partial charge in [-0.3, -0.25) is 4.79 Å². The summed E-state index contributed by atoms with van der Waals surface area (Å²) in [7, 11) is 0. The van der Waals surface area contributed by atoms with Gasteiger partial charge < -0.3 is 5.32 Å². The van der Waals surface area contributed by atoms with E-state index in [1.807, 2.05) is 0 Å². The quantitative estimate of drug-likeness (QED) is 0.570. The molecule has 2 heteroatoms. The molecule has 1 rings (SSSR count). The molecule has 0 aromatic carbocycles. The van der Waals surface area contributed by atoms with Crippen molar-refractivity contribution in [1.82, 2.24) is 5.32 Å². The van der Waals surface area contributed by atoms with Crippen molar-refractivity contribution in [1.29, 1.82) is 0 Å². The molecular formula is C8H13NO. The Labute approximate surface area is 61.3 Å². The van der Waals surface area contributed by atoms with Gasteiger partial charge in [0, 0.05) is 18.9 Å². The molecular weight excluding hydrogens is 126 g/mol. The predicted octanol–water partition coefficient (Wildman–Crippen LogP) is 1.09. The predicted molar refractivity (Wildman–Crippen MR) is 40.5 cm³/mol. The molecule has 1 fully saturated rings. The van der Waals surface area contributed by atoms with Crippen LogP contribution in [0.4, 0.5) is 0 Å². The minimum absolute atomic E-state index is 0.166. The highest BCUT2D eigenvalue weighted by molar-refractivity contribution is 5.78. The van der Waals surface area contributed by atoms with Crippen LogP contribution >= 0.6 is 0 Å². The fourth-order valence-corrected chi connectivity index (χ4v) is 1.18. The van der Waals surface area contributed by atoms with Crippen molar-refractivity contribution >= 4 is 5.91 Å². The van der Waals surface area contributed by atoms with Gasteiger partial charge in [-0.1, -0.05) is 19.1 Å². The maximum absolute atomic E-state index is 10.7. The lowest BCUT2D eigenvalue weighted by molar-refractivity contribution is -0.119. The molecule has 0 saturated carbocycles. The van der Waals surface area contributed by atoms with Gasteiger partial charge in [0.25, 0.3) is 0 Å². The molecule has 1 saturated heterocycles. The molecule has 0 radical (unpaired) electrons. The van der Waals surface area contributed by atoms with Gasteiger partial charge in [-0.05, 0) is 6.42 Å². The van der Waals surface area contributed by atoms with Crippen molar-refractivity contribution in [2.24, 2.45) is 5.92 Å². The van der Waals surface area contributed by atoms with Gasteiger partial charge in [0.15, 0.2) is 0 Å².